The van der Waals surface area contributed by atoms with E-state index in [0.29, 0.717) is 41.9 Å². The molecule has 4 aliphatic rings. The summed E-state index contributed by atoms with van der Waals surface area (Å²) in [5, 5.41) is 11.8. The topological polar surface area (TPSA) is 72.8 Å². The average molecular weight is 505 g/mol. The second-order valence-electron chi connectivity index (χ2n) is 14.1. The number of hydrogen-bond acceptors (Lipinski definition) is 5. The van der Waals surface area contributed by atoms with Crippen LogP contribution in [0.3, 0.4) is 0 Å². The van der Waals surface area contributed by atoms with Crippen molar-refractivity contribution in [3.8, 4) is 0 Å². The Bertz CT molecular complexity index is 822. The van der Waals surface area contributed by atoms with Crippen LogP contribution in [0.2, 0.25) is 0 Å². The summed E-state index contributed by atoms with van der Waals surface area (Å²) < 4.78 is 10.9. The normalized spacial score (nSPS) is 43.1. The smallest absolute Gasteiger partial charge is 0.311 e. The summed E-state index contributed by atoms with van der Waals surface area (Å²) in [7, 11) is 1.46. The summed E-state index contributed by atoms with van der Waals surface area (Å²) in [4.78, 5) is 24.5. The summed E-state index contributed by atoms with van der Waals surface area (Å²) in [5.41, 5.74) is -0.245. The molecule has 0 aromatic rings. The number of rotatable bonds is 7. The lowest BCUT2D eigenvalue weighted by Crippen LogP contribution is -2.59. The molecule has 8 unspecified atom stereocenters. The minimum absolute atomic E-state index is 0.0447. The Kier molecular flexibility index (Phi) is 7.93. The van der Waals surface area contributed by atoms with Gasteiger partial charge >= 0.3 is 11.9 Å². The molecular formula is C31H52O5. The first-order chi connectivity index (χ1) is 16.9. The summed E-state index contributed by atoms with van der Waals surface area (Å²) in [6.45, 7) is 13.2. The van der Waals surface area contributed by atoms with Crippen LogP contribution in [0.1, 0.15) is 112 Å². The molecule has 4 saturated carbocycles. The molecule has 36 heavy (non-hydrogen) atoms. The molecule has 1 N–H and O–H groups in total. The van der Waals surface area contributed by atoms with Gasteiger partial charge in [-0.1, -0.05) is 27.7 Å². The molecule has 4 aliphatic carbocycles. The van der Waals surface area contributed by atoms with Crippen LogP contribution < -0.4 is 0 Å². The van der Waals surface area contributed by atoms with Gasteiger partial charge in [-0.25, -0.2) is 0 Å². The van der Waals surface area contributed by atoms with Crippen molar-refractivity contribution < 1.29 is 24.2 Å². The number of esters is 2. The zero-order valence-corrected chi connectivity index (χ0v) is 24.0. The van der Waals surface area contributed by atoms with E-state index in [1.54, 1.807) is 0 Å². The Morgan fingerprint density at radius 2 is 1.78 bits per heavy atom. The zero-order valence-electron chi connectivity index (χ0n) is 24.0. The highest BCUT2D eigenvalue weighted by atomic mass is 16.5. The maximum Gasteiger partial charge on any atom is 0.311 e. The van der Waals surface area contributed by atoms with Gasteiger partial charge < -0.3 is 14.6 Å². The second kappa shape index (κ2) is 10.2. The molecule has 10 atom stereocenters. The lowest BCUT2D eigenvalue weighted by molar-refractivity contribution is -0.185. The van der Waals surface area contributed by atoms with Crippen molar-refractivity contribution in [2.45, 2.75) is 124 Å². The predicted octanol–water partition coefficient (Wildman–Crippen LogP) is 6.55. The number of methoxy groups -OCH3 is 1. The molecule has 5 heteroatoms. The number of carbonyl (C=O) groups excluding carboxylic acids is 2. The number of aliphatic hydroxyl groups is 1. The first kappa shape index (κ1) is 27.9. The SMILES string of the molecule is CCC(C)(C)C(=O)O[C@@H]1CCC2(C)C(CCC3C2C[C@H](O)C2(C)C(C(C)CCC(=O)OC)CCC32)C1. The van der Waals surface area contributed by atoms with Gasteiger partial charge in [0.15, 0.2) is 0 Å². The Morgan fingerprint density at radius 3 is 2.44 bits per heavy atom. The molecule has 206 valence electrons. The lowest BCUT2D eigenvalue weighted by atomic mass is 9.43. The molecule has 0 spiro atoms. The van der Waals surface area contributed by atoms with Gasteiger partial charge in [0, 0.05) is 6.42 Å². The fourth-order valence-corrected chi connectivity index (χ4v) is 9.35. The van der Waals surface area contributed by atoms with Crippen molar-refractivity contribution in [2.75, 3.05) is 7.11 Å². The molecular weight excluding hydrogens is 452 g/mol. The van der Waals surface area contributed by atoms with Gasteiger partial charge in [-0.2, -0.15) is 0 Å². The maximum absolute atomic E-state index is 12.7. The molecule has 5 nitrogen and oxygen atoms in total. The van der Waals surface area contributed by atoms with Gasteiger partial charge in [0.1, 0.15) is 6.10 Å². The third kappa shape index (κ3) is 4.64. The van der Waals surface area contributed by atoms with E-state index in [-0.39, 0.29) is 35.0 Å². The van der Waals surface area contributed by atoms with Crippen molar-refractivity contribution in [2.24, 2.45) is 51.8 Å². The van der Waals surface area contributed by atoms with E-state index in [4.69, 9.17) is 9.47 Å². The average Bonchev–Trinajstić information content (AvgIpc) is 3.21. The molecule has 0 saturated heterocycles. The van der Waals surface area contributed by atoms with Crippen LogP contribution in [-0.2, 0) is 19.1 Å². The van der Waals surface area contributed by atoms with E-state index < -0.39 is 5.41 Å². The Labute approximate surface area is 219 Å². The van der Waals surface area contributed by atoms with Crippen molar-refractivity contribution in [1.82, 2.24) is 0 Å². The fraction of sp³-hybridized carbons (Fsp3) is 0.935. The van der Waals surface area contributed by atoms with Gasteiger partial charge in [-0.3, -0.25) is 9.59 Å². The van der Waals surface area contributed by atoms with Gasteiger partial charge in [0.05, 0.1) is 18.6 Å². The van der Waals surface area contributed by atoms with Crippen LogP contribution in [-0.4, -0.2) is 36.4 Å². The molecule has 0 heterocycles. The minimum Gasteiger partial charge on any atom is -0.469 e. The largest absolute Gasteiger partial charge is 0.469 e. The van der Waals surface area contributed by atoms with E-state index >= 15 is 0 Å². The third-order valence-electron chi connectivity index (χ3n) is 12.2. The molecule has 4 rings (SSSR count). The highest BCUT2D eigenvalue weighted by molar-refractivity contribution is 5.76. The molecule has 0 radical (unpaired) electrons. The Morgan fingerprint density at radius 1 is 1.06 bits per heavy atom. The summed E-state index contributed by atoms with van der Waals surface area (Å²) in [6.07, 6.45) is 10.6. The van der Waals surface area contributed by atoms with Gasteiger partial charge in [-0.05, 0) is 124 Å². The number of aliphatic hydroxyl groups excluding tert-OH is 1. The maximum atomic E-state index is 12.7. The predicted molar refractivity (Wildman–Crippen MR) is 141 cm³/mol. The van der Waals surface area contributed by atoms with Crippen LogP contribution in [0.15, 0.2) is 0 Å². The number of ether oxygens (including phenoxy) is 2. The van der Waals surface area contributed by atoms with Crippen LogP contribution >= 0.6 is 0 Å². The monoisotopic (exact) mass is 504 g/mol. The van der Waals surface area contributed by atoms with Crippen LogP contribution in [0.5, 0.6) is 0 Å². The molecule has 0 aliphatic heterocycles. The third-order valence-corrected chi connectivity index (χ3v) is 12.2. The van der Waals surface area contributed by atoms with Gasteiger partial charge in [0.25, 0.3) is 0 Å². The minimum atomic E-state index is -0.413. The van der Waals surface area contributed by atoms with Crippen LogP contribution in [0.4, 0.5) is 0 Å². The van der Waals surface area contributed by atoms with E-state index in [0.717, 1.165) is 44.9 Å². The van der Waals surface area contributed by atoms with Crippen molar-refractivity contribution in [1.29, 1.82) is 0 Å². The summed E-state index contributed by atoms with van der Waals surface area (Å²) in [6, 6.07) is 0. The van der Waals surface area contributed by atoms with Crippen molar-refractivity contribution in [3.63, 3.8) is 0 Å². The lowest BCUT2D eigenvalue weighted by Gasteiger charge is -2.62. The first-order valence-corrected chi connectivity index (χ1v) is 14.8. The van der Waals surface area contributed by atoms with Crippen LogP contribution in [0, 0.1) is 51.8 Å². The van der Waals surface area contributed by atoms with E-state index in [9.17, 15) is 14.7 Å². The van der Waals surface area contributed by atoms with Crippen molar-refractivity contribution in [3.05, 3.63) is 0 Å². The molecule has 0 bridgehead atoms. The Hall–Kier alpha value is -1.10. The first-order valence-electron chi connectivity index (χ1n) is 14.8. The summed E-state index contributed by atoms with van der Waals surface area (Å²) in [5.74, 6) is 3.07. The second-order valence-corrected chi connectivity index (χ2v) is 14.1. The molecule has 0 aromatic heterocycles. The molecule has 4 fully saturated rings. The number of carbonyl (C=O) groups is 2. The quantitative estimate of drug-likeness (QED) is 0.398. The standard InChI is InChI=1S/C31H52O5/c1-8-29(3,4)28(34)36-21-15-16-30(5)20(17-21)10-11-22-24-13-12-23(19(2)9-14-27(33)35-7)31(24,6)26(32)18-25(22)30/h19-26,32H,8-18H2,1-7H3/t19?,20?,21-,22?,23?,24?,25?,26+,30?,31?/m1/s1. The highest BCUT2D eigenvalue weighted by Gasteiger charge is 2.63. The van der Waals surface area contributed by atoms with Crippen LogP contribution in [0.25, 0.3) is 0 Å². The Balaban J connectivity index is 1.46. The van der Waals surface area contributed by atoms with E-state index in [2.05, 4.69) is 27.7 Å². The van der Waals surface area contributed by atoms with Crippen molar-refractivity contribution >= 4 is 11.9 Å². The molecule has 0 amide bonds. The van der Waals surface area contributed by atoms with Gasteiger partial charge in [-0.15, -0.1) is 0 Å². The van der Waals surface area contributed by atoms with E-state index in [1.165, 1.54) is 26.4 Å². The highest BCUT2D eigenvalue weighted by Crippen LogP contribution is 2.68. The number of fused-ring (bicyclic) bond motifs is 5. The zero-order chi connectivity index (χ0) is 26.5. The fourth-order valence-electron chi connectivity index (χ4n) is 9.35. The molecule has 0 aromatic carbocycles. The van der Waals surface area contributed by atoms with Gasteiger partial charge in [0.2, 0.25) is 0 Å². The number of hydrogen-bond donors (Lipinski definition) is 1. The van der Waals surface area contributed by atoms with E-state index in [1.807, 2.05) is 13.8 Å². The summed E-state index contributed by atoms with van der Waals surface area (Å²) >= 11 is 0.